The van der Waals surface area contributed by atoms with Crippen LogP contribution in [-0.2, 0) is 0 Å². The molecule has 27 heavy (non-hydrogen) atoms. The number of nitrogens with one attached hydrogen (secondary N) is 1. The number of aromatic nitrogens is 2. The van der Waals surface area contributed by atoms with Gasteiger partial charge in [0.25, 0.3) is 5.91 Å². The van der Waals surface area contributed by atoms with Gasteiger partial charge in [0, 0.05) is 12.7 Å². The van der Waals surface area contributed by atoms with E-state index in [0.717, 1.165) is 22.7 Å². The minimum atomic E-state index is -0.0583. The SMILES string of the molecule is O=C(NCCC1=CCCCC1)c1cn(-c2ccccc2)nc1-c1cccs1. The number of benzene rings is 1. The molecule has 1 aromatic carbocycles. The van der Waals surface area contributed by atoms with Gasteiger partial charge in [0.2, 0.25) is 0 Å². The lowest BCUT2D eigenvalue weighted by molar-refractivity contribution is 0.0954. The summed E-state index contributed by atoms with van der Waals surface area (Å²) in [6.45, 7) is 0.672. The van der Waals surface area contributed by atoms with E-state index < -0.39 is 0 Å². The second kappa shape index (κ2) is 8.35. The van der Waals surface area contributed by atoms with E-state index in [-0.39, 0.29) is 5.91 Å². The number of hydrogen-bond acceptors (Lipinski definition) is 3. The molecule has 0 saturated heterocycles. The van der Waals surface area contributed by atoms with Gasteiger partial charge in [-0.15, -0.1) is 11.3 Å². The Labute approximate surface area is 163 Å². The van der Waals surface area contributed by atoms with Crippen LogP contribution >= 0.6 is 11.3 Å². The zero-order chi connectivity index (χ0) is 18.5. The molecule has 0 spiro atoms. The Kier molecular flexibility index (Phi) is 5.49. The molecule has 1 aliphatic carbocycles. The third kappa shape index (κ3) is 4.19. The second-order valence-corrected chi connectivity index (χ2v) is 7.71. The number of nitrogens with zero attached hydrogens (tertiary/aromatic N) is 2. The van der Waals surface area contributed by atoms with Crippen LogP contribution in [0.25, 0.3) is 16.3 Å². The minimum absolute atomic E-state index is 0.0583. The quantitative estimate of drug-likeness (QED) is 0.599. The van der Waals surface area contributed by atoms with Crippen molar-refractivity contribution in [3.8, 4) is 16.3 Å². The van der Waals surface area contributed by atoms with Gasteiger partial charge >= 0.3 is 0 Å². The highest BCUT2D eigenvalue weighted by atomic mass is 32.1. The maximum Gasteiger partial charge on any atom is 0.255 e. The third-order valence-electron chi connectivity index (χ3n) is 4.85. The Hall–Kier alpha value is -2.66. The predicted molar refractivity (Wildman–Crippen MR) is 110 cm³/mol. The van der Waals surface area contributed by atoms with Crippen molar-refractivity contribution in [3.05, 3.63) is 71.3 Å². The Balaban J connectivity index is 1.54. The molecule has 0 unspecified atom stereocenters. The normalized spacial score (nSPS) is 14.0. The van der Waals surface area contributed by atoms with E-state index in [9.17, 15) is 4.79 Å². The maximum absolute atomic E-state index is 12.9. The fraction of sp³-hybridized carbons (Fsp3) is 0.273. The van der Waals surface area contributed by atoms with Gasteiger partial charge in [0.05, 0.1) is 16.1 Å². The van der Waals surface area contributed by atoms with Crippen LogP contribution in [0.15, 0.2) is 65.7 Å². The van der Waals surface area contributed by atoms with Crippen molar-refractivity contribution in [2.75, 3.05) is 6.54 Å². The first kappa shape index (κ1) is 17.7. The highest BCUT2D eigenvalue weighted by Gasteiger charge is 2.19. The first-order valence-corrected chi connectivity index (χ1v) is 10.3. The van der Waals surface area contributed by atoms with Gasteiger partial charge in [-0.3, -0.25) is 4.79 Å². The van der Waals surface area contributed by atoms with Crippen LogP contribution in [0.3, 0.4) is 0 Å². The maximum atomic E-state index is 12.9. The highest BCUT2D eigenvalue weighted by molar-refractivity contribution is 7.13. The highest BCUT2D eigenvalue weighted by Crippen LogP contribution is 2.28. The number of amides is 1. The number of rotatable bonds is 6. The van der Waals surface area contributed by atoms with Gasteiger partial charge < -0.3 is 5.32 Å². The fourth-order valence-electron chi connectivity index (χ4n) is 3.41. The van der Waals surface area contributed by atoms with Gasteiger partial charge in [0.15, 0.2) is 0 Å². The van der Waals surface area contributed by atoms with Gasteiger partial charge in [-0.1, -0.05) is 35.9 Å². The lowest BCUT2D eigenvalue weighted by atomic mass is 9.97. The molecule has 4 rings (SSSR count). The summed E-state index contributed by atoms with van der Waals surface area (Å²) in [6, 6.07) is 13.9. The minimum Gasteiger partial charge on any atom is -0.352 e. The summed E-state index contributed by atoms with van der Waals surface area (Å²) in [6.07, 6.45) is 10.0. The van der Waals surface area contributed by atoms with Crippen LogP contribution in [0.4, 0.5) is 0 Å². The largest absolute Gasteiger partial charge is 0.352 e. The number of thiophene rings is 1. The van der Waals surface area contributed by atoms with E-state index in [2.05, 4.69) is 11.4 Å². The summed E-state index contributed by atoms with van der Waals surface area (Å²) in [7, 11) is 0. The zero-order valence-corrected chi connectivity index (χ0v) is 16.0. The van der Waals surface area contributed by atoms with Gasteiger partial charge in [-0.05, 0) is 55.7 Å². The van der Waals surface area contributed by atoms with E-state index in [1.54, 1.807) is 16.0 Å². The average molecular weight is 378 g/mol. The number of para-hydroxylation sites is 1. The number of carbonyl (C=O) groups excluding carboxylic acids is 1. The molecule has 2 heterocycles. The van der Waals surface area contributed by atoms with E-state index in [1.807, 2.05) is 54.0 Å². The van der Waals surface area contributed by atoms with E-state index in [0.29, 0.717) is 12.1 Å². The van der Waals surface area contributed by atoms with E-state index in [4.69, 9.17) is 5.10 Å². The molecule has 1 N–H and O–H groups in total. The molecule has 0 bridgehead atoms. The first-order chi connectivity index (χ1) is 13.3. The number of hydrogen-bond donors (Lipinski definition) is 1. The number of allylic oxidation sites excluding steroid dienone is 1. The van der Waals surface area contributed by atoms with Crippen LogP contribution in [0, 0.1) is 0 Å². The topological polar surface area (TPSA) is 46.9 Å². The molecule has 0 radical (unpaired) electrons. The molecule has 1 aliphatic rings. The molecule has 138 valence electrons. The molecule has 0 fully saturated rings. The van der Waals surface area contributed by atoms with E-state index in [1.165, 1.54) is 31.3 Å². The summed E-state index contributed by atoms with van der Waals surface area (Å²) in [5.74, 6) is -0.0583. The van der Waals surface area contributed by atoms with Crippen molar-refractivity contribution >= 4 is 17.2 Å². The summed E-state index contributed by atoms with van der Waals surface area (Å²) < 4.78 is 1.79. The molecule has 0 saturated carbocycles. The number of carbonyl (C=O) groups is 1. The summed E-state index contributed by atoms with van der Waals surface area (Å²) in [5.41, 5.74) is 3.78. The molecule has 4 nitrogen and oxygen atoms in total. The van der Waals surface area contributed by atoms with Gasteiger partial charge in [0.1, 0.15) is 5.69 Å². The van der Waals surface area contributed by atoms with Crippen LogP contribution in [0.2, 0.25) is 0 Å². The van der Waals surface area contributed by atoms with Gasteiger partial charge in [-0.25, -0.2) is 4.68 Å². The summed E-state index contributed by atoms with van der Waals surface area (Å²) >= 11 is 1.60. The predicted octanol–water partition coefficient (Wildman–Crippen LogP) is 5.22. The van der Waals surface area contributed by atoms with Crippen LogP contribution in [-0.4, -0.2) is 22.2 Å². The van der Waals surface area contributed by atoms with Crippen LogP contribution < -0.4 is 5.32 Å². The third-order valence-corrected chi connectivity index (χ3v) is 5.73. The molecule has 1 amide bonds. The molecular weight excluding hydrogens is 354 g/mol. The first-order valence-electron chi connectivity index (χ1n) is 9.46. The Bertz CT molecular complexity index is 926. The molecule has 0 atom stereocenters. The lowest BCUT2D eigenvalue weighted by Gasteiger charge is -2.12. The molecule has 0 aliphatic heterocycles. The molecular formula is C22H23N3OS. The Morgan fingerprint density at radius 1 is 1.15 bits per heavy atom. The van der Waals surface area contributed by atoms with Crippen LogP contribution in [0.5, 0.6) is 0 Å². The fourth-order valence-corrected chi connectivity index (χ4v) is 4.14. The van der Waals surface area contributed by atoms with Crippen molar-refractivity contribution in [2.24, 2.45) is 0 Å². The molecule has 5 heteroatoms. The lowest BCUT2D eigenvalue weighted by Crippen LogP contribution is -2.25. The van der Waals surface area contributed by atoms with Crippen molar-refractivity contribution in [3.63, 3.8) is 0 Å². The zero-order valence-electron chi connectivity index (χ0n) is 15.2. The second-order valence-electron chi connectivity index (χ2n) is 6.76. The van der Waals surface area contributed by atoms with Crippen LogP contribution in [0.1, 0.15) is 42.5 Å². The smallest absolute Gasteiger partial charge is 0.255 e. The van der Waals surface area contributed by atoms with Crippen molar-refractivity contribution in [1.29, 1.82) is 0 Å². The molecule has 2 aromatic heterocycles. The van der Waals surface area contributed by atoms with Crippen molar-refractivity contribution in [1.82, 2.24) is 15.1 Å². The Morgan fingerprint density at radius 2 is 2.04 bits per heavy atom. The standard InChI is InChI=1S/C22H23N3OS/c26-22(23-14-13-17-8-3-1-4-9-17)19-16-25(18-10-5-2-6-11-18)24-21(19)20-12-7-15-27-20/h2,5-8,10-12,15-16H,1,3-4,9,13-14H2,(H,23,26). The van der Waals surface area contributed by atoms with Crippen molar-refractivity contribution < 1.29 is 4.79 Å². The summed E-state index contributed by atoms with van der Waals surface area (Å²) in [4.78, 5) is 13.9. The summed E-state index contributed by atoms with van der Waals surface area (Å²) in [5, 5.41) is 9.79. The van der Waals surface area contributed by atoms with Crippen molar-refractivity contribution in [2.45, 2.75) is 32.1 Å². The Morgan fingerprint density at radius 3 is 2.78 bits per heavy atom. The van der Waals surface area contributed by atoms with Gasteiger partial charge in [-0.2, -0.15) is 5.10 Å². The monoisotopic (exact) mass is 377 g/mol. The average Bonchev–Trinajstić information content (AvgIpc) is 3.39. The molecule has 3 aromatic rings. The van der Waals surface area contributed by atoms with E-state index >= 15 is 0 Å².